The first kappa shape index (κ1) is 20.3. The van der Waals surface area contributed by atoms with Gasteiger partial charge in [0.25, 0.3) is 5.56 Å². The average Bonchev–Trinajstić information content (AvgIpc) is 2.66. The first-order chi connectivity index (χ1) is 13.3. The Hall–Kier alpha value is -2.45. The van der Waals surface area contributed by atoms with E-state index in [4.69, 9.17) is 0 Å². The number of hydrogen-bond acceptors (Lipinski definition) is 4. The summed E-state index contributed by atoms with van der Waals surface area (Å²) in [6.07, 6.45) is 4.33. The molecule has 0 aliphatic carbocycles. The van der Waals surface area contributed by atoms with E-state index in [-0.39, 0.29) is 17.0 Å². The Morgan fingerprint density at radius 2 is 1.79 bits per heavy atom. The van der Waals surface area contributed by atoms with Crippen LogP contribution in [0.4, 0.5) is 5.69 Å². The van der Waals surface area contributed by atoms with Crippen LogP contribution >= 0.6 is 0 Å². The summed E-state index contributed by atoms with van der Waals surface area (Å²) in [5.41, 5.74) is 1.60. The van der Waals surface area contributed by atoms with Gasteiger partial charge in [-0.15, -0.1) is 0 Å². The summed E-state index contributed by atoms with van der Waals surface area (Å²) in [5.74, 6) is -0.392. The van der Waals surface area contributed by atoms with Gasteiger partial charge in [0.2, 0.25) is 15.9 Å². The van der Waals surface area contributed by atoms with Crippen LogP contribution in [0.5, 0.6) is 0 Å². The number of benzene rings is 1. The molecular formula is C20H25N3O4S. The number of nitrogens with one attached hydrogen (secondary N) is 1. The molecule has 1 aromatic carbocycles. The van der Waals surface area contributed by atoms with Crippen molar-refractivity contribution in [2.24, 2.45) is 0 Å². The molecule has 1 aliphatic rings. The van der Waals surface area contributed by atoms with Crippen LogP contribution in [0.2, 0.25) is 0 Å². The normalized spacial score (nSPS) is 15.4. The molecule has 1 fully saturated rings. The van der Waals surface area contributed by atoms with Crippen molar-refractivity contribution in [3.8, 4) is 0 Å². The number of rotatable bonds is 5. The van der Waals surface area contributed by atoms with Gasteiger partial charge < -0.3 is 9.88 Å². The summed E-state index contributed by atoms with van der Waals surface area (Å²) in [5, 5.41) is 2.69. The van der Waals surface area contributed by atoms with Crippen molar-refractivity contribution < 1.29 is 13.2 Å². The van der Waals surface area contributed by atoms with Gasteiger partial charge in [-0.05, 0) is 56.0 Å². The zero-order valence-corrected chi connectivity index (χ0v) is 17.0. The topological polar surface area (TPSA) is 88.5 Å². The maximum Gasteiger partial charge on any atom is 0.251 e. The van der Waals surface area contributed by atoms with Crippen LogP contribution in [0, 0.1) is 13.8 Å². The fourth-order valence-corrected chi connectivity index (χ4v) is 5.06. The van der Waals surface area contributed by atoms with Gasteiger partial charge in [-0.1, -0.05) is 12.5 Å². The molecule has 0 unspecified atom stereocenters. The van der Waals surface area contributed by atoms with Crippen LogP contribution in [0.3, 0.4) is 0 Å². The lowest BCUT2D eigenvalue weighted by molar-refractivity contribution is -0.116. The van der Waals surface area contributed by atoms with E-state index in [0.29, 0.717) is 24.3 Å². The SMILES string of the molecule is Cc1ccn(CC(=O)Nc2ccc(C)c(S(=O)(=O)N3CCCCC3)c2)c(=O)c1. The summed E-state index contributed by atoms with van der Waals surface area (Å²) >= 11 is 0. The van der Waals surface area contributed by atoms with Crippen LogP contribution < -0.4 is 10.9 Å². The molecule has 1 saturated heterocycles. The summed E-state index contributed by atoms with van der Waals surface area (Å²) in [7, 11) is -3.59. The summed E-state index contributed by atoms with van der Waals surface area (Å²) in [6.45, 7) is 4.46. The summed E-state index contributed by atoms with van der Waals surface area (Å²) in [6, 6.07) is 8.06. The van der Waals surface area contributed by atoms with Crippen molar-refractivity contribution in [3.63, 3.8) is 0 Å². The third-order valence-corrected chi connectivity index (χ3v) is 6.91. The minimum Gasteiger partial charge on any atom is -0.324 e. The van der Waals surface area contributed by atoms with Crippen molar-refractivity contribution in [2.45, 2.75) is 44.6 Å². The molecule has 1 aliphatic heterocycles. The van der Waals surface area contributed by atoms with Gasteiger partial charge in [0, 0.05) is 31.0 Å². The fraction of sp³-hybridized carbons (Fsp3) is 0.400. The molecule has 0 spiro atoms. The van der Waals surface area contributed by atoms with Gasteiger partial charge in [0.05, 0.1) is 4.90 Å². The van der Waals surface area contributed by atoms with Crippen molar-refractivity contribution in [1.29, 1.82) is 0 Å². The predicted octanol–water partition coefficient (Wildman–Crippen LogP) is 2.28. The van der Waals surface area contributed by atoms with Gasteiger partial charge in [-0.2, -0.15) is 4.31 Å². The first-order valence-electron chi connectivity index (χ1n) is 9.35. The number of aryl methyl sites for hydroxylation is 2. The second-order valence-electron chi connectivity index (χ2n) is 7.16. The van der Waals surface area contributed by atoms with Gasteiger partial charge in [0.1, 0.15) is 6.54 Å². The number of aromatic nitrogens is 1. The Bertz CT molecular complexity index is 1040. The molecule has 3 rings (SSSR count). The lowest BCUT2D eigenvalue weighted by Gasteiger charge is -2.26. The number of carbonyl (C=O) groups excluding carboxylic acids is 1. The number of sulfonamides is 1. The van der Waals surface area contributed by atoms with Gasteiger partial charge in [-0.25, -0.2) is 8.42 Å². The molecule has 0 bridgehead atoms. The largest absolute Gasteiger partial charge is 0.324 e. The van der Waals surface area contributed by atoms with E-state index in [1.165, 1.54) is 21.0 Å². The van der Waals surface area contributed by atoms with Crippen LogP contribution in [-0.2, 0) is 21.4 Å². The number of nitrogens with zero attached hydrogens (tertiary/aromatic N) is 2. The molecule has 0 saturated carbocycles. The number of pyridine rings is 1. The number of anilines is 1. The van der Waals surface area contributed by atoms with Crippen molar-refractivity contribution >= 4 is 21.6 Å². The molecule has 2 heterocycles. The third kappa shape index (κ3) is 4.51. The summed E-state index contributed by atoms with van der Waals surface area (Å²) in [4.78, 5) is 24.5. The predicted molar refractivity (Wildman–Crippen MR) is 108 cm³/mol. The van der Waals surface area contributed by atoms with E-state index in [1.807, 2.05) is 6.92 Å². The van der Waals surface area contributed by atoms with Gasteiger partial charge in [-0.3, -0.25) is 9.59 Å². The molecule has 8 heteroatoms. The summed E-state index contributed by atoms with van der Waals surface area (Å²) < 4.78 is 28.8. The highest BCUT2D eigenvalue weighted by atomic mass is 32.2. The van der Waals surface area contributed by atoms with Crippen LogP contribution in [0.15, 0.2) is 46.2 Å². The van der Waals surface area contributed by atoms with E-state index in [2.05, 4.69) is 5.32 Å². The fourth-order valence-electron chi connectivity index (χ4n) is 3.29. The van der Waals surface area contributed by atoms with E-state index in [1.54, 1.807) is 31.3 Å². The molecule has 150 valence electrons. The minimum atomic E-state index is -3.59. The highest BCUT2D eigenvalue weighted by Crippen LogP contribution is 2.26. The van der Waals surface area contributed by atoms with Crippen LogP contribution in [-0.4, -0.2) is 36.3 Å². The maximum atomic E-state index is 13.0. The van der Waals surface area contributed by atoms with Crippen LogP contribution in [0.25, 0.3) is 0 Å². The third-order valence-electron chi connectivity index (χ3n) is 4.87. The standard InChI is InChI=1S/C20H25N3O4S/c1-15-8-11-22(20(25)12-15)14-19(24)21-17-7-6-16(2)18(13-17)28(26,27)23-9-4-3-5-10-23/h6-8,11-13H,3-5,9-10,14H2,1-2H3,(H,21,24). The highest BCUT2D eigenvalue weighted by molar-refractivity contribution is 7.89. The molecule has 1 N–H and O–H groups in total. The first-order valence-corrected chi connectivity index (χ1v) is 10.8. The Labute approximate surface area is 165 Å². The number of hydrogen-bond donors (Lipinski definition) is 1. The quantitative estimate of drug-likeness (QED) is 0.830. The van der Waals surface area contributed by atoms with Crippen molar-refractivity contribution in [3.05, 3.63) is 58.0 Å². The lowest BCUT2D eigenvalue weighted by atomic mass is 10.2. The number of piperidine rings is 1. The minimum absolute atomic E-state index is 0.138. The zero-order valence-electron chi connectivity index (χ0n) is 16.1. The molecule has 0 atom stereocenters. The molecule has 1 aromatic heterocycles. The molecule has 2 aromatic rings. The van der Waals surface area contributed by atoms with Crippen molar-refractivity contribution in [2.75, 3.05) is 18.4 Å². The number of carbonyl (C=O) groups is 1. The van der Waals surface area contributed by atoms with Gasteiger partial charge >= 0.3 is 0 Å². The van der Waals surface area contributed by atoms with Crippen LogP contribution in [0.1, 0.15) is 30.4 Å². The molecule has 28 heavy (non-hydrogen) atoms. The van der Waals surface area contributed by atoms with E-state index in [9.17, 15) is 18.0 Å². The highest BCUT2D eigenvalue weighted by Gasteiger charge is 2.27. The molecular weight excluding hydrogens is 378 g/mol. The number of amides is 1. The Kier molecular flexibility index (Phi) is 6.00. The smallest absolute Gasteiger partial charge is 0.251 e. The lowest BCUT2D eigenvalue weighted by Crippen LogP contribution is -2.36. The van der Waals surface area contributed by atoms with E-state index in [0.717, 1.165) is 24.8 Å². The van der Waals surface area contributed by atoms with Crippen molar-refractivity contribution in [1.82, 2.24) is 8.87 Å². The molecule has 0 radical (unpaired) electrons. The maximum absolute atomic E-state index is 13.0. The Morgan fingerprint density at radius 3 is 2.46 bits per heavy atom. The Morgan fingerprint density at radius 1 is 1.07 bits per heavy atom. The molecule has 1 amide bonds. The zero-order chi connectivity index (χ0) is 20.3. The second-order valence-corrected chi connectivity index (χ2v) is 9.07. The molecule has 7 nitrogen and oxygen atoms in total. The van der Waals surface area contributed by atoms with E-state index < -0.39 is 15.9 Å². The van der Waals surface area contributed by atoms with E-state index >= 15 is 0 Å². The average molecular weight is 404 g/mol. The monoisotopic (exact) mass is 403 g/mol. The second kappa shape index (κ2) is 8.28. The Balaban J connectivity index is 1.79. The van der Waals surface area contributed by atoms with Gasteiger partial charge in [0.15, 0.2) is 0 Å².